The normalized spacial score (nSPS) is 36.6. The molecule has 0 aromatic rings. The summed E-state index contributed by atoms with van der Waals surface area (Å²) in [6, 6.07) is 0. The van der Waals surface area contributed by atoms with Crippen molar-refractivity contribution in [1.82, 2.24) is 0 Å². The van der Waals surface area contributed by atoms with Crippen molar-refractivity contribution in [3.63, 3.8) is 0 Å². The minimum absolute atomic E-state index is 0.770. The highest BCUT2D eigenvalue weighted by Crippen LogP contribution is 2.43. The molecular weight excluding hydrogens is 304 g/mol. The van der Waals surface area contributed by atoms with E-state index in [1.165, 1.54) is 82.8 Å². The second kappa shape index (κ2) is 10.0. The van der Waals surface area contributed by atoms with E-state index >= 15 is 0 Å². The third-order valence-electron chi connectivity index (χ3n) is 7.71. The summed E-state index contributed by atoms with van der Waals surface area (Å²) in [6.45, 7) is 5.60. The van der Waals surface area contributed by atoms with E-state index < -0.39 is 0 Å². The molecule has 0 N–H and O–H groups in total. The average Bonchev–Trinajstić information content (AvgIpc) is 2.68. The second-order valence-corrected chi connectivity index (χ2v) is 9.38. The molecule has 1 nitrogen and oxygen atoms in total. The lowest BCUT2D eigenvalue weighted by molar-refractivity contribution is 0.122. The van der Waals surface area contributed by atoms with E-state index in [4.69, 9.17) is 4.74 Å². The standard InChI is InChI=1S/C24H42O/c1-3-5-20-6-12-22(13-7-20)23-14-8-21(9-15-23)11-17-24-16-10-19(4-2)18-25-24/h16,19-23H,3-15,17-18H2,1-2H3. The molecule has 1 heteroatoms. The van der Waals surface area contributed by atoms with Gasteiger partial charge >= 0.3 is 0 Å². The van der Waals surface area contributed by atoms with Crippen LogP contribution in [-0.2, 0) is 4.74 Å². The minimum atomic E-state index is 0.770. The number of hydrogen-bond donors (Lipinski definition) is 0. The SMILES string of the molecule is CCCC1CCC(C2CCC(CCC3=CCC(CC)CO3)CC2)CC1. The second-order valence-electron chi connectivity index (χ2n) is 9.38. The lowest BCUT2D eigenvalue weighted by Gasteiger charge is -2.38. The molecule has 2 saturated carbocycles. The van der Waals surface area contributed by atoms with Crippen LogP contribution < -0.4 is 0 Å². The molecule has 3 aliphatic rings. The first-order valence-corrected chi connectivity index (χ1v) is 11.6. The third-order valence-corrected chi connectivity index (χ3v) is 7.71. The van der Waals surface area contributed by atoms with Gasteiger partial charge in [0.25, 0.3) is 0 Å². The van der Waals surface area contributed by atoms with Gasteiger partial charge in [-0.1, -0.05) is 52.4 Å². The molecule has 0 radical (unpaired) electrons. The first-order valence-electron chi connectivity index (χ1n) is 11.6. The number of hydrogen-bond acceptors (Lipinski definition) is 1. The van der Waals surface area contributed by atoms with Gasteiger partial charge in [0.05, 0.1) is 12.4 Å². The molecule has 1 atom stereocenters. The van der Waals surface area contributed by atoms with Crippen molar-refractivity contribution in [3.05, 3.63) is 11.8 Å². The van der Waals surface area contributed by atoms with Crippen molar-refractivity contribution in [3.8, 4) is 0 Å². The van der Waals surface area contributed by atoms with Gasteiger partial charge in [0.2, 0.25) is 0 Å². The molecule has 0 saturated heterocycles. The van der Waals surface area contributed by atoms with E-state index in [-0.39, 0.29) is 0 Å². The van der Waals surface area contributed by atoms with Gasteiger partial charge in [-0.15, -0.1) is 0 Å². The average molecular weight is 347 g/mol. The molecule has 0 aromatic carbocycles. The zero-order valence-corrected chi connectivity index (χ0v) is 17.0. The Kier molecular flexibility index (Phi) is 7.74. The Labute approximate surface area is 157 Å². The summed E-state index contributed by atoms with van der Waals surface area (Å²) in [7, 11) is 0. The smallest absolute Gasteiger partial charge is 0.0920 e. The van der Waals surface area contributed by atoms with Crippen molar-refractivity contribution >= 4 is 0 Å². The van der Waals surface area contributed by atoms with Crippen LogP contribution in [0.5, 0.6) is 0 Å². The van der Waals surface area contributed by atoms with Crippen molar-refractivity contribution in [2.45, 2.75) is 104 Å². The van der Waals surface area contributed by atoms with Gasteiger partial charge in [-0.05, 0) is 80.6 Å². The fourth-order valence-electron chi connectivity index (χ4n) is 5.76. The Bertz CT molecular complexity index is 396. The Morgan fingerprint density at radius 2 is 1.40 bits per heavy atom. The fraction of sp³-hybridized carbons (Fsp3) is 0.917. The number of rotatable bonds is 7. The Morgan fingerprint density at radius 3 is 1.88 bits per heavy atom. The summed E-state index contributed by atoms with van der Waals surface area (Å²) in [4.78, 5) is 0. The van der Waals surface area contributed by atoms with Crippen LogP contribution in [0.25, 0.3) is 0 Å². The van der Waals surface area contributed by atoms with Crippen LogP contribution in [-0.4, -0.2) is 6.61 Å². The Hall–Kier alpha value is -0.460. The molecule has 144 valence electrons. The predicted octanol–water partition coefficient (Wildman–Crippen LogP) is 7.51. The van der Waals surface area contributed by atoms with E-state index in [0.29, 0.717) is 0 Å². The largest absolute Gasteiger partial charge is 0.498 e. The fourth-order valence-corrected chi connectivity index (χ4v) is 5.76. The van der Waals surface area contributed by atoms with Crippen molar-refractivity contribution in [1.29, 1.82) is 0 Å². The van der Waals surface area contributed by atoms with E-state index in [1.54, 1.807) is 12.8 Å². The maximum Gasteiger partial charge on any atom is 0.0920 e. The highest BCUT2D eigenvalue weighted by atomic mass is 16.5. The topological polar surface area (TPSA) is 9.23 Å². The maximum atomic E-state index is 5.98. The molecule has 0 aromatic heterocycles. The summed E-state index contributed by atoms with van der Waals surface area (Å²) in [5, 5.41) is 0. The van der Waals surface area contributed by atoms with Crippen LogP contribution in [0.4, 0.5) is 0 Å². The third kappa shape index (κ3) is 5.76. The van der Waals surface area contributed by atoms with Crippen molar-refractivity contribution in [2.75, 3.05) is 6.61 Å². The first kappa shape index (κ1) is 19.3. The molecule has 0 spiro atoms. The van der Waals surface area contributed by atoms with E-state index in [1.807, 2.05) is 0 Å². The highest BCUT2D eigenvalue weighted by molar-refractivity contribution is 4.98. The molecular formula is C24H42O. The van der Waals surface area contributed by atoms with Gasteiger partial charge < -0.3 is 4.74 Å². The molecule has 1 heterocycles. The van der Waals surface area contributed by atoms with Gasteiger partial charge in [-0.3, -0.25) is 0 Å². The first-order chi connectivity index (χ1) is 12.3. The van der Waals surface area contributed by atoms with Crippen LogP contribution in [0.3, 0.4) is 0 Å². The zero-order chi connectivity index (χ0) is 17.5. The van der Waals surface area contributed by atoms with Crippen molar-refractivity contribution < 1.29 is 4.74 Å². The van der Waals surface area contributed by atoms with E-state index in [2.05, 4.69) is 19.9 Å². The molecule has 2 aliphatic carbocycles. The monoisotopic (exact) mass is 346 g/mol. The highest BCUT2D eigenvalue weighted by Gasteiger charge is 2.30. The van der Waals surface area contributed by atoms with Gasteiger partial charge in [-0.2, -0.15) is 0 Å². The lowest BCUT2D eigenvalue weighted by atomic mass is 9.68. The van der Waals surface area contributed by atoms with Crippen LogP contribution in [0, 0.1) is 29.6 Å². The molecule has 0 bridgehead atoms. The van der Waals surface area contributed by atoms with Gasteiger partial charge in [0.1, 0.15) is 0 Å². The summed E-state index contributed by atoms with van der Waals surface area (Å²) in [6.07, 6.45) is 22.5. The molecule has 1 aliphatic heterocycles. The zero-order valence-electron chi connectivity index (χ0n) is 17.0. The summed E-state index contributed by atoms with van der Waals surface area (Å²) in [5.41, 5.74) is 0. The maximum absolute atomic E-state index is 5.98. The van der Waals surface area contributed by atoms with Crippen LogP contribution in [0.1, 0.15) is 104 Å². The number of allylic oxidation sites excluding steroid dienone is 2. The van der Waals surface area contributed by atoms with Crippen LogP contribution in [0.15, 0.2) is 11.8 Å². The predicted molar refractivity (Wildman–Crippen MR) is 107 cm³/mol. The van der Waals surface area contributed by atoms with E-state index in [9.17, 15) is 0 Å². The molecule has 2 fully saturated rings. The van der Waals surface area contributed by atoms with Crippen LogP contribution >= 0.6 is 0 Å². The van der Waals surface area contributed by atoms with Crippen LogP contribution in [0.2, 0.25) is 0 Å². The van der Waals surface area contributed by atoms with Gasteiger partial charge in [-0.25, -0.2) is 0 Å². The van der Waals surface area contributed by atoms with Crippen molar-refractivity contribution in [2.24, 2.45) is 29.6 Å². The minimum Gasteiger partial charge on any atom is -0.498 e. The van der Waals surface area contributed by atoms with Gasteiger partial charge in [0, 0.05) is 6.42 Å². The molecule has 0 amide bonds. The quantitative estimate of drug-likeness (QED) is 0.463. The van der Waals surface area contributed by atoms with E-state index in [0.717, 1.165) is 36.2 Å². The number of ether oxygens (including phenoxy) is 1. The molecule has 3 rings (SSSR count). The Morgan fingerprint density at radius 1 is 0.800 bits per heavy atom. The summed E-state index contributed by atoms with van der Waals surface area (Å²) >= 11 is 0. The Balaban J connectivity index is 1.32. The molecule has 1 unspecified atom stereocenters. The summed E-state index contributed by atoms with van der Waals surface area (Å²) < 4.78 is 5.98. The summed E-state index contributed by atoms with van der Waals surface area (Å²) in [5.74, 6) is 6.25. The lowest BCUT2D eigenvalue weighted by Crippen LogP contribution is -2.26. The van der Waals surface area contributed by atoms with Gasteiger partial charge in [0.15, 0.2) is 0 Å². The molecule has 25 heavy (non-hydrogen) atoms.